The minimum absolute atomic E-state index is 0.159. The quantitative estimate of drug-likeness (QED) is 0.396. The SMILES string of the molecule is CCNC(=NCCCN1CCN(C)CC1c1ccccc1)N1CCOC(C2CCCO2)C1. The summed E-state index contributed by atoms with van der Waals surface area (Å²) in [6.07, 6.45) is 3.73. The van der Waals surface area contributed by atoms with Crippen LogP contribution in [0.5, 0.6) is 0 Å². The molecule has 0 radical (unpaired) electrons. The van der Waals surface area contributed by atoms with E-state index in [-0.39, 0.29) is 12.2 Å². The van der Waals surface area contributed by atoms with Gasteiger partial charge >= 0.3 is 0 Å². The van der Waals surface area contributed by atoms with Gasteiger partial charge in [0.2, 0.25) is 0 Å². The van der Waals surface area contributed by atoms with E-state index in [9.17, 15) is 0 Å². The second-order valence-electron chi connectivity index (χ2n) is 9.22. The number of guanidine groups is 1. The summed E-state index contributed by atoms with van der Waals surface area (Å²) in [6.45, 7) is 11.7. The maximum absolute atomic E-state index is 6.03. The van der Waals surface area contributed by atoms with Gasteiger partial charge in [-0.3, -0.25) is 9.89 Å². The Kier molecular flexibility index (Phi) is 8.79. The number of morpholine rings is 1. The lowest BCUT2D eigenvalue weighted by molar-refractivity contribution is -0.0817. The summed E-state index contributed by atoms with van der Waals surface area (Å²) in [5.74, 6) is 1.02. The minimum atomic E-state index is 0.159. The molecule has 7 heteroatoms. The van der Waals surface area contributed by atoms with E-state index in [2.05, 4.69) is 64.3 Å². The highest BCUT2D eigenvalue weighted by atomic mass is 16.5. The van der Waals surface area contributed by atoms with Crippen LogP contribution >= 0.6 is 0 Å². The van der Waals surface area contributed by atoms with E-state index in [0.29, 0.717) is 6.04 Å². The standard InChI is InChI=1S/C25H41N5O2/c1-3-26-25(30-16-18-32-24(20-30)23-11-7-17-31-23)27-12-8-13-29-15-14-28(2)19-22(29)21-9-5-4-6-10-21/h4-6,9-10,22-24H,3,7-8,11-20H2,1-2H3,(H,26,27). The zero-order valence-electron chi connectivity index (χ0n) is 19.9. The molecule has 0 amide bonds. The number of likely N-dealkylation sites (N-methyl/N-ethyl adjacent to an activating group) is 1. The van der Waals surface area contributed by atoms with Crippen molar-refractivity contribution in [3.63, 3.8) is 0 Å². The Bertz CT molecular complexity index is 710. The number of piperazine rings is 1. The largest absolute Gasteiger partial charge is 0.375 e. The van der Waals surface area contributed by atoms with Crippen molar-refractivity contribution >= 4 is 5.96 Å². The first-order valence-corrected chi connectivity index (χ1v) is 12.5. The molecule has 3 fully saturated rings. The summed E-state index contributed by atoms with van der Waals surface area (Å²) in [6, 6.07) is 11.4. The van der Waals surface area contributed by atoms with Gasteiger partial charge < -0.3 is 24.6 Å². The minimum Gasteiger partial charge on any atom is -0.375 e. The summed E-state index contributed by atoms with van der Waals surface area (Å²) >= 11 is 0. The van der Waals surface area contributed by atoms with Crippen molar-refractivity contribution in [2.45, 2.75) is 44.4 Å². The van der Waals surface area contributed by atoms with E-state index >= 15 is 0 Å². The van der Waals surface area contributed by atoms with E-state index in [0.717, 1.165) is 90.8 Å². The van der Waals surface area contributed by atoms with E-state index in [1.807, 2.05) is 0 Å². The van der Waals surface area contributed by atoms with Crippen molar-refractivity contribution in [1.29, 1.82) is 0 Å². The molecule has 0 aliphatic carbocycles. The number of benzene rings is 1. The predicted octanol–water partition coefficient (Wildman–Crippen LogP) is 2.21. The molecule has 7 nitrogen and oxygen atoms in total. The number of hydrogen-bond donors (Lipinski definition) is 1. The zero-order valence-corrected chi connectivity index (χ0v) is 19.9. The third-order valence-electron chi connectivity index (χ3n) is 6.85. The Labute approximate surface area is 193 Å². The molecular formula is C25H41N5O2. The lowest BCUT2D eigenvalue weighted by Crippen LogP contribution is -2.53. The molecule has 3 atom stereocenters. The van der Waals surface area contributed by atoms with Crippen LogP contribution < -0.4 is 5.32 Å². The van der Waals surface area contributed by atoms with Gasteiger partial charge in [-0.1, -0.05) is 30.3 Å². The lowest BCUT2D eigenvalue weighted by atomic mass is 10.0. The fourth-order valence-corrected chi connectivity index (χ4v) is 5.09. The number of nitrogens with zero attached hydrogens (tertiary/aromatic N) is 4. The van der Waals surface area contributed by atoms with E-state index in [4.69, 9.17) is 14.5 Å². The Hall–Kier alpha value is -1.67. The second kappa shape index (κ2) is 12.0. The molecule has 3 aliphatic heterocycles. The topological polar surface area (TPSA) is 52.6 Å². The highest BCUT2D eigenvalue weighted by Crippen LogP contribution is 2.25. The Morgan fingerprint density at radius 2 is 1.91 bits per heavy atom. The third kappa shape index (κ3) is 6.22. The molecule has 4 rings (SSSR count). The molecular weight excluding hydrogens is 402 g/mol. The Balaban J connectivity index is 1.31. The van der Waals surface area contributed by atoms with Crippen molar-refractivity contribution in [2.75, 3.05) is 72.6 Å². The molecule has 3 heterocycles. The van der Waals surface area contributed by atoms with Crippen LogP contribution in [0.1, 0.15) is 37.8 Å². The van der Waals surface area contributed by atoms with Gasteiger partial charge in [-0.05, 0) is 38.8 Å². The highest BCUT2D eigenvalue weighted by Gasteiger charge is 2.32. The van der Waals surface area contributed by atoms with Gasteiger partial charge in [0.05, 0.1) is 12.7 Å². The van der Waals surface area contributed by atoms with Crippen LogP contribution in [-0.2, 0) is 9.47 Å². The average molecular weight is 444 g/mol. The monoisotopic (exact) mass is 443 g/mol. The van der Waals surface area contributed by atoms with Crippen LogP contribution in [-0.4, -0.2) is 105 Å². The maximum atomic E-state index is 6.03. The van der Waals surface area contributed by atoms with Crippen LogP contribution in [0.2, 0.25) is 0 Å². The number of rotatable bonds is 7. The molecule has 0 spiro atoms. The van der Waals surface area contributed by atoms with Crippen LogP contribution in [0.3, 0.4) is 0 Å². The number of nitrogens with one attached hydrogen (secondary N) is 1. The van der Waals surface area contributed by atoms with E-state index in [1.54, 1.807) is 0 Å². The van der Waals surface area contributed by atoms with Crippen LogP contribution in [0.4, 0.5) is 0 Å². The molecule has 1 aromatic rings. The molecule has 0 bridgehead atoms. The Morgan fingerprint density at radius 1 is 1.06 bits per heavy atom. The number of hydrogen-bond acceptors (Lipinski definition) is 5. The number of ether oxygens (including phenoxy) is 2. The van der Waals surface area contributed by atoms with Crippen molar-refractivity contribution < 1.29 is 9.47 Å². The van der Waals surface area contributed by atoms with Crippen LogP contribution in [0, 0.1) is 0 Å². The van der Waals surface area contributed by atoms with Crippen molar-refractivity contribution in [1.82, 2.24) is 20.0 Å². The van der Waals surface area contributed by atoms with Gasteiger partial charge in [0.15, 0.2) is 5.96 Å². The predicted molar refractivity (Wildman–Crippen MR) is 129 cm³/mol. The Morgan fingerprint density at radius 3 is 2.69 bits per heavy atom. The van der Waals surface area contributed by atoms with Crippen molar-refractivity contribution in [3.8, 4) is 0 Å². The third-order valence-corrected chi connectivity index (χ3v) is 6.85. The van der Waals surface area contributed by atoms with Crippen LogP contribution in [0.25, 0.3) is 0 Å². The molecule has 1 N–H and O–H groups in total. The normalized spacial score (nSPS) is 28.2. The molecule has 3 unspecified atom stereocenters. The fourth-order valence-electron chi connectivity index (χ4n) is 5.09. The van der Waals surface area contributed by atoms with Gasteiger partial charge in [-0.25, -0.2) is 0 Å². The lowest BCUT2D eigenvalue weighted by Gasteiger charge is -2.40. The average Bonchev–Trinajstić information content (AvgIpc) is 3.38. The van der Waals surface area contributed by atoms with Gasteiger partial charge in [0.25, 0.3) is 0 Å². The van der Waals surface area contributed by atoms with Gasteiger partial charge in [-0.2, -0.15) is 0 Å². The van der Waals surface area contributed by atoms with Gasteiger partial charge in [0.1, 0.15) is 6.10 Å². The van der Waals surface area contributed by atoms with Gasteiger partial charge in [-0.15, -0.1) is 0 Å². The summed E-state index contributed by atoms with van der Waals surface area (Å²) in [7, 11) is 2.23. The molecule has 0 saturated carbocycles. The fraction of sp³-hybridized carbons (Fsp3) is 0.720. The zero-order chi connectivity index (χ0) is 22.2. The smallest absolute Gasteiger partial charge is 0.194 e. The van der Waals surface area contributed by atoms with Crippen LogP contribution in [0.15, 0.2) is 35.3 Å². The first kappa shape index (κ1) is 23.5. The maximum Gasteiger partial charge on any atom is 0.194 e. The highest BCUT2D eigenvalue weighted by molar-refractivity contribution is 5.80. The summed E-state index contributed by atoms with van der Waals surface area (Å²) in [4.78, 5) is 12.4. The summed E-state index contributed by atoms with van der Waals surface area (Å²) in [5.41, 5.74) is 1.42. The van der Waals surface area contributed by atoms with Crippen molar-refractivity contribution in [2.24, 2.45) is 4.99 Å². The first-order chi connectivity index (χ1) is 15.7. The first-order valence-electron chi connectivity index (χ1n) is 12.5. The second-order valence-corrected chi connectivity index (χ2v) is 9.22. The molecule has 32 heavy (non-hydrogen) atoms. The number of aliphatic imine (C=N–C) groups is 1. The van der Waals surface area contributed by atoms with Gasteiger partial charge in [0, 0.05) is 65.0 Å². The molecule has 1 aromatic carbocycles. The molecule has 3 aliphatic rings. The van der Waals surface area contributed by atoms with E-state index in [1.165, 1.54) is 5.56 Å². The molecule has 3 saturated heterocycles. The summed E-state index contributed by atoms with van der Waals surface area (Å²) < 4.78 is 11.9. The molecule has 178 valence electrons. The van der Waals surface area contributed by atoms with Crippen molar-refractivity contribution in [3.05, 3.63) is 35.9 Å². The van der Waals surface area contributed by atoms with E-state index < -0.39 is 0 Å². The summed E-state index contributed by atoms with van der Waals surface area (Å²) in [5, 5.41) is 3.50. The molecule has 0 aromatic heterocycles.